The third-order valence-corrected chi connectivity index (χ3v) is 5.01. The monoisotopic (exact) mass is 472 g/mol. The number of benzene rings is 2. The molecule has 1 heterocycles. The highest BCUT2D eigenvalue weighted by Gasteiger charge is 2.16. The summed E-state index contributed by atoms with van der Waals surface area (Å²) in [6, 6.07) is 13.7. The summed E-state index contributed by atoms with van der Waals surface area (Å²) in [7, 11) is 0. The van der Waals surface area contributed by atoms with Gasteiger partial charge in [0.2, 0.25) is 0 Å². The summed E-state index contributed by atoms with van der Waals surface area (Å²) in [6.45, 7) is 1.33. The van der Waals surface area contributed by atoms with Crippen molar-refractivity contribution in [1.82, 2.24) is 16.1 Å². The molecule has 1 saturated heterocycles. The molecule has 0 aliphatic carbocycles. The third kappa shape index (κ3) is 8.55. The summed E-state index contributed by atoms with van der Waals surface area (Å²) in [5.74, 6) is -1.38. The molecule has 1 atom stereocenters. The van der Waals surface area contributed by atoms with E-state index in [-0.39, 0.29) is 25.2 Å². The molecule has 0 saturated carbocycles. The van der Waals surface area contributed by atoms with Crippen molar-refractivity contribution < 1.29 is 23.9 Å². The molecule has 0 spiro atoms. The van der Waals surface area contributed by atoms with E-state index < -0.39 is 11.8 Å². The zero-order valence-corrected chi connectivity index (χ0v) is 18.6. The molecule has 0 radical (unpaired) electrons. The maximum Gasteiger partial charge on any atom is 0.329 e. The van der Waals surface area contributed by atoms with E-state index in [1.54, 1.807) is 48.5 Å². The van der Waals surface area contributed by atoms with Crippen molar-refractivity contribution >= 4 is 35.5 Å². The fraction of sp³-hybridized carbons (Fsp3) is 0.304. The number of hydrazone groups is 1. The Labute approximate surface area is 196 Å². The molecule has 2 aromatic rings. The number of nitrogens with one attached hydrogen (secondary N) is 3. The van der Waals surface area contributed by atoms with Gasteiger partial charge in [-0.3, -0.25) is 14.4 Å². The van der Waals surface area contributed by atoms with Crippen molar-refractivity contribution in [2.45, 2.75) is 25.5 Å². The minimum atomic E-state index is -0.880. The van der Waals surface area contributed by atoms with E-state index in [1.807, 2.05) is 0 Å². The Morgan fingerprint density at radius 1 is 1.06 bits per heavy atom. The van der Waals surface area contributed by atoms with Gasteiger partial charge in [-0.15, -0.1) is 0 Å². The first-order valence-electron chi connectivity index (χ1n) is 10.5. The lowest BCUT2D eigenvalue weighted by Gasteiger charge is -2.11. The molecule has 1 aliphatic rings. The Kier molecular flexibility index (Phi) is 9.22. The standard InChI is InChI=1S/C23H25ClN4O5/c24-18-7-3-16(4-8-18)12-26-22(30)23(31)28-27-13-17-5-9-19(10-6-17)33-15-21(29)25-14-20-2-1-11-32-20/h3-10,13,20H,1-2,11-12,14-15H2,(H,25,29)(H,26,30)(H,28,31)/b27-13-/t20-/m0/s1. The van der Waals surface area contributed by atoms with Crippen LogP contribution in [0, 0.1) is 0 Å². The molecule has 1 fully saturated rings. The van der Waals surface area contributed by atoms with Crippen LogP contribution in [0.15, 0.2) is 53.6 Å². The van der Waals surface area contributed by atoms with Gasteiger partial charge in [-0.05, 0) is 60.4 Å². The van der Waals surface area contributed by atoms with Gasteiger partial charge in [0.1, 0.15) is 5.75 Å². The lowest BCUT2D eigenvalue weighted by molar-refractivity contribution is -0.139. The fourth-order valence-corrected chi connectivity index (χ4v) is 3.09. The van der Waals surface area contributed by atoms with E-state index in [0.29, 0.717) is 22.9 Å². The van der Waals surface area contributed by atoms with Crippen LogP contribution in [0.5, 0.6) is 5.75 Å². The quantitative estimate of drug-likeness (QED) is 0.292. The molecule has 33 heavy (non-hydrogen) atoms. The van der Waals surface area contributed by atoms with E-state index in [0.717, 1.165) is 25.0 Å². The SMILES string of the molecule is O=C(COc1ccc(/C=N\NC(=O)C(=O)NCc2ccc(Cl)cc2)cc1)NC[C@@H]1CCCO1. The Morgan fingerprint density at radius 2 is 1.82 bits per heavy atom. The van der Waals surface area contributed by atoms with Gasteiger partial charge in [0.05, 0.1) is 12.3 Å². The minimum absolute atomic E-state index is 0.0857. The van der Waals surface area contributed by atoms with Gasteiger partial charge < -0.3 is 20.1 Å². The van der Waals surface area contributed by atoms with E-state index in [9.17, 15) is 14.4 Å². The predicted octanol–water partition coefficient (Wildman–Crippen LogP) is 1.78. The second-order valence-electron chi connectivity index (χ2n) is 7.31. The molecule has 0 bridgehead atoms. The number of carbonyl (C=O) groups excluding carboxylic acids is 3. The lowest BCUT2D eigenvalue weighted by Crippen LogP contribution is -2.37. The molecule has 2 aromatic carbocycles. The van der Waals surface area contributed by atoms with E-state index in [4.69, 9.17) is 21.1 Å². The largest absolute Gasteiger partial charge is 0.484 e. The van der Waals surface area contributed by atoms with Crippen LogP contribution in [0.25, 0.3) is 0 Å². The maximum atomic E-state index is 11.8. The first-order valence-corrected chi connectivity index (χ1v) is 10.8. The van der Waals surface area contributed by atoms with Crippen LogP contribution < -0.4 is 20.8 Å². The molecule has 0 unspecified atom stereocenters. The number of hydrogen-bond donors (Lipinski definition) is 3. The lowest BCUT2D eigenvalue weighted by atomic mass is 10.2. The molecular formula is C23H25ClN4O5. The van der Waals surface area contributed by atoms with E-state index in [2.05, 4.69) is 21.2 Å². The molecular weight excluding hydrogens is 448 g/mol. The Bertz CT molecular complexity index is 973. The number of amides is 3. The van der Waals surface area contributed by atoms with Crippen LogP contribution in [0.2, 0.25) is 5.02 Å². The van der Waals surface area contributed by atoms with Crippen molar-refractivity contribution in [2.75, 3.05) is 19.8 Å². The van der Waals surface area contributed by atoms with Gasteiger partial charge in [0.15, 0.2) is 6.61 Å². The molecule has 0 aromatic heterocycles. The highest BCUT2D eigenvalue weighted by atomic mass is 35.5. The fourth-order valence-electron chi connectivity index (χ4n) is 2.96. The second kappa shape index (κ2) is 12.6. The van der Waals surface area contributed by atoms with Crippen molar-refractivity contribution in [1.29, 1.82) is 0 Å². The summed E-state index contributed by atoms with van der Waals surface area (Å²) in [5.41, 5.74) is 3.66. The van der Waals surface area contributed by atoms with Gasteiger partial charge in [0.25, 0.3) is 5.91 Å². The Morgan fingerprint density at radius 3 is 2.52 bits per heavy atom. The van der Waals surface area contributed by atoms with Crippen LogP contribution in [0.1, 0.15) is 24.0 Å². The average Bonchev–Trinajstić information content (AvgIpc) is 3.35. The number of nitrogens with zero attached hydrogens (tertiary/aromatic N) is 1. The molecule has 3 amide bonds. The molecule has 10 heteroatoms. The first kappa shape index (κ1) is 24.2. The Balaban J connectivity index is 1.34. The molecule has 174 valence electrons. The highest BCUT2D eigenvalue weighted by molar-refractivity contribution is 6.35. The summed E-state index contributed by atoms with van der Waals surface area (Å²) in [6.07, 6.45) is 3.46. The smallest absolute Gasteiger partial charge is 0.329 e. The van der Waals surface area contributed by atoms with Crippen LogP contribution in [0.3, 0.4) is 0 Å². The second-order valence-corrected chi connectivity index (χ2v) is 7.74. The van der Waals surface area contributed by atoms with Crippen molar-refractivity contribution in [2.24, 2.45) is 5.10 Å². The van der Waals surface area contributed by atoms with Gasteiger partial charge in [0, 0.05) is 24.7 Å². The van der Waals surface area contributed by atoms with E-state index >= 15 is 0 Å². The number of halogens is 1. The maximum absolute atomic E-state index is 11.8. The summed E-state index contributed by atoms with van der Waals surface area (Å²) in [4.78, 5) is 35.5. The van der Waals surface area contributed by atoms with Crippen LogP contribution >= 0.6 is 11.6 Å². The molecule has 9 nitrogen and oxygen atoms in total. The third-order valence-electron chi connectivity index (χ3n) is 4.75. The highest BCUT2D eigenvalue weighted by Crippen LogP contribution is 2.12. The minimum Gasteiger partial charge on any atom is -0.484 e. The van der Waals surface area contributed by atoms with Crippen LogP contribution in [-0.4, -0.2) is 49.8 Å². The zero-order valence-electron chi connectivity index (χ0n) is 17.9. The molecule has 1 aliphatic heterocycles. The first-order chi connectivity index (χ1) is 16.0. The number of rotatable bonds is 9. The summed E-state index contributed by atoms with van der Waals surface area (Å²) < 4.78 is 10.9. The van der Waals surface area contributed by atoms with Crippen LogP contribution in [0.4, 0.5) is 0 Å². The van der Waals surface area contributed by atoms with Crippen molar-refractivity contribution in [3.8, 4) is 5.75 Å². The number of carbonyl (C=O) groups is 3. The summed E-state index contributed by atoms with van der Waals surface area (Å²) in [5, 5.41) is 9.65. The van der Waals surface area contributed by atoms with E-state index in [1.165, 1.54) is 6.21 Å². The average molecular weight is 473 g/mol. The number of hydrogen-bond acceptors (Lipinski definition) is 6. The molecule has 3 rings (SSSR count). The van der Waals surface area contributed by atoms with Gasteiger partial charge >= 0.3 is 11.8 Å². The Hall–Kier alpha value is -3.43. The molecule has 3 N–H and O–H groups in total. The number of ether oxygens (including phenoxy) is 2. The topological polar surface area (TPSA) is 118 Å². The summed E-state index contributed by atoms with van der Waals surface area (Å²) >= 11 is 5.81. The normalized spacial score (nSPS) is 15.2. The van der Waals surface area contributed by atoms with Crippen molar-refractivity contribution in [3.63, 3.8) is 0 Å². The van der Waals surface area contributed by atoms with Crippen LogP contribution in [-0.2, 0) is 25.7 Å². The predicted molar refractivity (Wildman–Crippen MR) is 123 cm³/mol. The van der Waals surface area contributed by atoms with Gasteiger partial charge in [-0.1, -0.05) is 23.7 Å². The van der Waals surface area contributed by atoms with Gasteiger partial charge in [-0.25, -0.2) is 5.43 Å². The zero-order chi connectivity index (χ0) is 23.5. The van der Waals surface area contributed by atoms with Gasteiger partial charge in [-0.2, -0.15) is 5.10 Å². The van der Waals surface area contributed by atoms with Crippen molar-refractivity contribution in [3.05, 3.63) is 64.7 Å².